The normalized spacial score (nSPS) is 14.9. The zero-order valence-electron chi connectivity index (χ0n) is 16.7. The fourth-order valence-electron chi connectivity index (χ4n) is 4.31. The van der Waals surface area contributed by atoms with Crippen molar-refractivity contribution in [3.8, 4) is 22.3 Å². The molecule has 0 amide bonds. The monoisotopic (exact) mass is 447 g/mol. The zero-order chi connectivity index (χ0) is 20.2. The van der Waals surface area contributed by atoms with Crippen LogP contribution >= 0.6 is 18.6 Å². The van der Waals surface area contributed by atoms with Gasteiger partial charge in [-0.3, -0.25) is 0 Å². The summed E-state index contributed by atoms with van der Waals surface area (Å²) < 4.78 is 6.63. The van der Waals surface area contributed by atoms with E-state index >= 15 is 0 Å². The predicted octanol–water partition coefficient (Wildman–Crippen LogP) is 7.33. The Bertz CT molecular complexity index is 1070. The molecule has 1 aliphatic rings. The van der Waals surface area contributed by atoms with Crippen LogP contribution in [0.15, 0.2) is 66.7 Å². The van der Waals surface area contributed by atoms with Crippen molar-refractivity contribution in [2.75, 3.05) is 7.11 Å². The second-order valence-electron chi connectivity index (χ2n) is 8.60. The molecule has 0 saturated carbocycles. The first-order valence-electron chi connectivity index (χ1n) is 9.60. The Balaban J connectivity index is 1.98. The maximum absolute atomic E-state index is 7.31. The fourth-order valence-corrected chi connectivity index (χ4v) is 9.85. The van der Waals surface area contributed by atoms with Crippen molar-refractivity contribution in [2.45, 2.75) is 30.9 Å². The summed E-state index contributed by atoms with van der Waals surface area (Å²) in [7, 11) is 16.3. The molecule has 0 N–H and O–H groups in total. The molecule has 0 fully saturated rings. The van der Waals surface area contributed by atoms with Crippen LogP contribution in [0, 0.1) is 0 Å². The summed E-state index contributed by atoms with van der Waals surface area (Å²) in [5.41, 5.74) is 7.61. The number of rotatable bonds is 3. The van der Waals surface area contributed by atoms with Gasteiger partial charge in [-0.2, -0.15) is 0 Å². The predicted molar refractivity (Wildman–Crippen MR) is 118 cm³/mol. The van der Waals surface area contributed by atoms with Gasteiger partial charge < -0.3 is 0 Å². The number of hydrogen-bond acceptors (Lipinski definition) is 1. The van der Waals surface area contributed by atoms with Crippen LogP contribution in [0.5, 0.6) is 0 Å². The zero-order valence-corrected chi connectivity index (χ0v) is 19.8. The summed E-state index contributed by atoms with van der Waals surface area (Å²) in [5.74, 6) is 0. The van der Waals surface area contributed by atoms with E-state index in [4.69, 9.17) is 21.9 Å². The van der Waals surface area contributed by atoms with Crippen LogP contribution in [0.25, 0.3) is 22.3 Å². The van der Waals surface area contributed by atoms with Crippen LogP contribution in [0.1, 0.15) is 31.9 Å². The van der Waals surface area contributed by atoms with E-state index in [0.29, 0.717) is 0 Å². The van der Waals surface area contributed by atoms with Gasteiger partial charge in [-0.15, -0.1) is 0 Å². The Labute approximate surface area is 176 Å². The van der Waals surface area contributed by atoms with Crippen LogP contribution in [-0.2, 0) is 23.3 Å². The summed E-state index contributed by atoms with van der Waals surface area (Å²) in [6.07, 6.45) is 0.923. The van der Waals surface area contributed by atoms with Gasteiger partial charge in [0.15, 0.2) is 0 Å². The third-order valence-electron chi connectivity index (χ3n) is 6.12. The number of benzene rings is 3. The molecule has 28 heavy (non-hydrogen) atoms. The van der Waals surface area contributed by atoms with Crippen molar-refractivity contribution in [1.82, 2.24) is 0 Å². The molecule has 0 bridgehead atoms. The molecule has 0 atom stereocenters. The fraction of sp³-hybridized carbons (Fsp3) is 0.250. The van der Waals surface area contributed by atoms with Gasteiger partial charge in [0.2, 0.25) is 0 Å². The Hall–Kier alpha value is -1.09. The van der Waals surface area contributed by atoms with Gasteiger partial charge in [-0.25, -0.2) is 0 Å². The minimum atomic E-state index is -4.53. The van der Waals surface area contributed by atoms with Gasteiger partial charge in [0, 0.05) is 0 Å². The second kappa shape index (κ2) is 6.72. The maximum atomic E-state index is 7.31. The summed E-state index contributed by atoms with van der Waals surface area (Å²) in [6.45, 7) is 6.24. The quantitative estimate of drug-likeness (QED) is 0.298. The molecule has 4 heteroatoms. The molecule has 0 radical (unpaired) electrons. The molecule has 1 nitrogen and oxygen atoms in total. The molecule has 0 spiro atoms. The van der Waals surface area contributed by atoms with Crippen LogP contribution < -0.4 is 3.87 Å². The molecule has 145 valence electrons. The van der Waals surface area contributed by atoms with Gasteiger partial charge >= 0.3 is 178 Å². The SMILES string of the molecule is C[O][Ti]([Cl])([Cl])([c]1ccccc1-c1cccc2c1Cc1ccccc1-2)[C](C)(C)C. The van der Waals surface area contributed by atoms with Crippen LogP contribution in [0.3, 0.4) is 0 Å². The molecular weight excluding hydrogens is 423 g/mol. The van der Waals surface area contributed by atoms with Crippen molar-refractivity contribution >= 4 is 22.5 Å². The second-order valence-corrected chi connectivity index (χ2v) is 22.1. The van der Waals surface area contributed by atoms with Crippen LogP contribution in [0.4, 0.5) is 0 Å². The van der Waals surface area contributed by atoms with E-state index < -0.39 is 13.6 Å². The van der Waals surface area contributed by atoms with Gasteiger partial charge in [0.25, 0.3) is 0 Å². The van der Waals surface area contributed by atoms with Gasteiger partial charge in [-0.05, 0) is 0 Å². The molecule has 0 aromatic heterocycles. The molecule has 0 heterocycles. The van der Waals surface area contributed by atoms with Gasteiger partial charge in [0.05, 0.1) is 0 Å². The van der Waals surface area contributed by atoms with Crippen molar-refractivity contribution in [1.29, 1.82) is 0 Å². The summed E-state index contributed by atoms with van der Waals surface area (Å²) >= 11 is -4.53. The Morgan fingerprint density at radius 3 is 1.93 bits per heavy atom. The first kappa shape index (κ1) is 20.2. The summed E-state index contributed by atoms with van der Waals surface area (Å²) in [6, 6.07) is 23.4. The Morgan fingerprint density at radius 1 is 0.750 bits per heavy atom. The molecule has 0 saturated heterocycles. The average molecular weight is 448 g/mol. The third-order valence-corrected chi connectivity index (χ3v) is 20.8. The van der Waals surface area contributed by atoms with Crippen molar-refractivity contribution < 1.29 is 16.9 Å². The van der Waals surface area contributed by atoms with E-state index in [-0.39, 0.29) is 3.72 Å². The van der Waals surface area contributed by atoms with Gasteiger partial charge in [0.1, 0.15) is 0 Å². The van der Waals surface area contributed by atoms with Crippen molar-refractivity contribution in [3.63, 3.8) is 0 Å². The van der Waals surface area contributed by atoms with E-state index in [0.717, 1.165) is 15.9 Å². The number of hydrogen-bond donors (Lipinski definition) is 0. The minimum absolute atomic E-state index is 0.369. The summed E-state index contributed by atoms with van der Waals surface area (Å²) in [5, 5.41) is 0. The van der Waals surface area contributed by atoms with E-state index in [1.54, 1.807) is 7.11 Å². The van der Waals surface area contributed by atoms with Crippen molar-refractivity contribution in [2.24, 2.45) is 0 Å². The standard InChI is InChI=1S/C19H13.C4H9.CH3O.2ClH.Ti/c1-2-7-14(8-3-1)16-11-6-12-18-17-10-5-4-9-15(17)13-19(16)18;1-4(2)3;1-2;;;/h1-7,9-12H,13H2;1-3H3;1H3;2*1H;/q;;-1;;;+3/p-2. The summed E-state index contributed by atoms with van der Waals surface area (Å²) in [4.78, 5) is 0. The molecular formula is C24H25Cl2OTi. The number of halogens is 2. The van der Waals surface area contributed by atoms with Crippen LogP contribution in [-0.4, -0.2) is 7.11 Å². The first-order chi connectivity index (χ1) is 13.2. The average Bonchev–Trinajstić information content (AvgIpc) is 3.06. The molecule has 4 rings (SSSR count). The molecule has 0 unspecified atom stereocenters. The molecule has 3 aromatic rings. The van der Waals surface area contributed by atoms with Crippen LogP contribution in [0.2, 0.25) is 3.72 Å². The van der Waals surface area contributed by atoms with E-state index in [9.17, 15) is 0 Å². The molecule has 1 aliphatic carbocycles. The van der Waals surface area contributed by atoms with E-state index in [2.05, 4.69) is 81.4 Å². The number of fused-ring (bicyclic) bond motifs is 3. The van der Waals surface area contributed by atoms with E-state index in [1.807, 2.05) is 6.07 Å². The topological polar surface area (TPSA) is 9.23 Å². The third kappa shape index (κ3) is 2.83. The molecule has 0 aliphatic heterocycles. The van der Waals surface area contributed by atoms with Gasteiger partial charge in [-0.1, -0.05) is 0 Å². The van der Waals surface area contributed by atoms with E-state index in [1.165, 1.54) is 27.8 Å². The first-order valence-corrected chi connectivity index (χ1v) is 16.1. The molecule has 3 aromatic carbocycles. The Kier molecular flexibility index (Phi) is 4.85. The Morgan fingerprint density at radius 2 is 1.29 bits per heavy atom. The van der Waals surface area contributed by atoms with Crippen molar-refractivity contribution in [3.05, 3.63) is 77.9 Å².